The molecule has 0 radical (unpaired) electrons. The third kappa shape index (κ3) is 3.24. The normalized spacial score (nSPS) is 42.2. The Morgan fingerprint density at radius 3 is 2.62 bits per heavy atom. The molecule has 0 N–H and O–H groups in total. The van der Waals surface area contributed by atoms with Gasteiger partial charge >= 0.3 is 5.97 Å². The summed E-state index contributed by atoms with van der Waals surface area (Å²) in [7, 11) is 1.50. The highest BCUT2D eigenvalue weighted by atomic mass is 16.5. The van der Waals surface area contributed by atoms with Crippen LogP contribution < -0.4 is 0 Å². The second-order valence-electron chi connectivity index (χ2n) is 9.79. The number of carbonyl (C=O) groups is 2. The van der Waals surface area contributed by atoms with Crippen LogP contribution in [0, 0.1) is 34.5 Å². The highest BCUT2D eigenvalue weighted by Gasteiger charge is 2.59. The third-order valence-electron chi connectivity index (χ3n) is 8.78. The summed E-state index contributed by atoms with van der Waals surface area (Å²) in [5.74, 6) is 3.10. The monoisotopic (exact) mass is 362 g/mol. The van der Waals surface area contributed by atoms with Crippen LogP contribution in [0.2, 0.25) is 0 Å². The van der Waals surface area contributed by atoms with Crippen molar-refractivity contribution < 1.29 is 14.3 Å². The Kier molecular flexibility index (Phi) is 5.84. The van der Waals surface area contributed by atoms with E-state index in [1.165, 1.54) is 45.6 Å². The van der Waals surface area contributed by atoms with Crippen LogP contribution in [0.1, 0.15) is 91.4 Å². The molecular formula is C23H38O3. The number of Topliss-reactive ketones (excluding diaryl/α,β-unsaturated/α-hetero) is 1. The van der Waals surface area contributed by atoms with Crippen molar-refractivity contribution in [2.75, 3.05) is 7.11 Å². The highest BCUT2D eigenvalue weighted by Crippen LogP contribution is 2.64. The predicted octanol–water partition coefficient (Wildman–Crippen LogP) is 5.56. The van der Waals surface area contributed by atoms with E-state index in [0.29, 0.717) is 30.0 Å². The number of hydrogen-bond acceptors (Lipinski definition) is 3. The minimum atomic E-state index is -0.0701. The molecule has 26 heavy (non-hydrogen) atoms. The first kappa shape index (κ1) is 19.9. The van der Waals surface area contributed by atoms with Gasteiger partial charge in [-0.05, 0) is 74.0 Å². The van der Waals surface area contributed by atoms with Crippen LogP contribution in [0.25, 0.3) is 0 Å². The molecule has 3 saturated carbocycles. The molecule has 3 aliphatic rings. The Bertz CT molecular complexity index is 542. The van der Waals surface area contributed by atoms with E-state index < -0.39 is 0 Å². The van der Waals surface area contributed by atoms with Gasteiger partial charge in [0, 0.05) is 18.3 Å². The third-order valence-corrected chi connectivity index (χ3v) is 8.78. The van der Waals surface area contributed by atoms with Crippen LogP contribution in [0.4, 0.5) is 0 Å². The molecule has 148 valence electrons. The minimum absolute atomic E-state index is 0.0549. The summed E-state index contributed by atoms with van der Waals surface area (Å²) in [4.78, 5) is 24.5. The minimum Gasteiger partial charge on any atom is -0.469 e. The van der Waals surface area contributed by atoms with Gasteiger partial charge < -0.3 is 4.74 Å². The lowest BCUT2D eigenvalue weighted by Gasteiger charge is -2.58. The van der Waals surface area contributed by atoms with Gasteiger partial charge in [0.15, 0.2) is 0 Å². The predicted molar refractivity (Wildman–Crippen MR) is 104 cm³/mol. The topological polar surface area (TPSA) is 43.4 Å². The molecule has 3 heteroatoms. The first-order chi connectivity index (χ1) is 12.4. The first-order valence-corrected chi connectivity index (χ1v) is 11.0. The van der Waals surface area contributed by atoms with Crippen molar-refractivity contribution in [2.45, 2.75) is 91.4 Å². The van der Waals surface area contributed by atoms with Crippen LogP contribution in [0.5, 0.6) is 0 Å². The summed E-state index contributed by atoms with van der Waals surface area (Å²) < 4.78 is 4.95. The number of ether oxygens (including phenoxy) is 1. The molecule has 0 saturated heterocycles. The van der Waals surface area contributed by atoms with Gasteiger partial charge in [0.05, 0.1) is 7.11 Å². The summed E-state index contributed by atoms with van der Waals surface area (Å²) in [5, 5.41) is 0. The molecule has 0 aromatic rings. The largest absolute Gasteiger partial charge is 0.469 e. The van der Waals surface area contributed by atoms with E-state index in [2.05, 4.69) is 20.8 Å². The van der Waals surface area contributed by atoms with Gasteiger partial charge in [0.1, 0.15) is 5.78 Å². The lowest BCUT2D eigenvalue weighted by atomic mass is 9.46. The first-order valence-electron chi connectivity index (χ1n) is 11.0. The van der Waals surface area contributed by atoms with E-state index in [0.717, 1.165) is 31.6 Å². The molecule has 3 nitrogen and oxygen atoms in total. The molecule has 0 aromatic carbocycles. The maximum absolute atomic E-state index is 12.6. The molecule has 0 aromatic heterocycles. The van der Waals surface area contributed by atoms with Gasteiger partial charge in [-0.2, -0.15) is 0 Å². The number of hydrogen-bond donors (Lipinski definition) is 0. The number of methoxy groups -OCH3 is 1. The number of ketones is 1. The van der Waals surface area contributed by atoms with Crippen molar-refractivity contribution in [3.8, 4) is 0 Å². The zero-order valence-electron chi connectivity index (χ0n) is 17.3. The number of fused-ring (bicyclic) bond motifs is 3. The quantitative estimate of drug-likeness (QED) is 0.581. The van der Waals surface area contributed by atoms with Gasteiger partial charge in [0.2, 0.25) is 0 Å². The van der Waals surface area contributed by atoms with Crippen LogP contribution in [0.3, 0.4) is 0 Å². The van der Waals surface area contributed by atoms with Gasteiger partial charge in [0.25, 0.3) is 0 Å². The van der Waals surface area contributed by atoms with Crippen molar-refractivity contribution in [1.82, 2.24) is 0 Å². The number of esters is 1. The summed E-state index contributed by atoms with van der Waals surface area (Å²) in [6.07, 6.45) is 12.0. The summed E-state index contributed by atoms with van der Waals surface area (Å²) in [6, 6.07) is 0. The van der Waals surface area contributed by atoms with E-state index in [1.54, 1.807) is 0 Å². The van der Waals surface area contributed by atoms with E-state index in [4.69, 9.17) is 4.74 Å². The van der Waals surface area contributed by atoms with Gasteiger partial charge in [-0.25, -0.2) is 0 Å². The number of rotatable bonds is 6. The van der Waals surface area contributed by atoms with Gasteiger partial charge in [-0.1, -0.05) is 33.6 Å². The zero-order chi connectivity index (χ0) is 18.9. The Balaban J connectivity index is 1.84. The molecule has 0 amide bonds. The summed E-state index contributed by atoms with van der Waals surface area (Å²) in [6.45, 7) is 6.98. The second kappa shape index (κ2) is 7.64. The highest BCUT2D eigenvalue weighted by molar-refractivity contribution is 5.87. The average molecular weight is 363 g/mol. The molecule has 3 rings (SSSR count). The number of unbranched alkanes of at least 4 members (excludes halogenated alkanes) is 1. The molecule has 0 heterocycles. The van der Waals surface area contributed by atoms with Crippen molar-refractivity contribution >= 4 is 11.8 Å². The Morgan fingerprint density at radius 2 is 1.92 bits per heavy atom. The molecule has 3 fully saturated rings. The van der Waals surface area contributed by atoms with E-state index in [-0.39, 0.29) is 16.8 Å². The maximum Gasteiger partial charge on any atom is 0.305 e. The van der Waals surface area contributed by atoms with Crippen molar-refractivity contribution in [3.63, 3.8) is 0 Å². The van der Waals surface area contributed by atoms with E-state index in [1.807, 2.05) is 0 Å². The van der Waals surface area contributed by atoms with Crippen LogP contribution in [-0.4, -0.2) is 18.9 Å². The zero-order valence-corrected chi connectivity index (χ0v) is 17.3. The average Bonchev–Trinajstić information content (AvgIpc) is 2.94. The van der Waals surface area contributed by atoms with Gasteiger partial charge in [-0.15, -0.1) is 0 Å². The van der Waals surface area contributed by atoms with E-state index >= 15 is 0 Å². The Morgan fingerprint density at radius 1 is 1.15 bits per heavy atom. The fourth-order valence-corrected chi connectivity index (χ4v) is 7.09. The second-order valence-corrected chi connectivity index (χ2v) is 9.79. The summed E-state index contributed by atoms with van der Waals surface area (Å²) in [5.41, 5.74) is 0.167. The molecule has 3 aliphatic carbocycles. The van der Waals surface area contributed by atoms with Crippen LogP contribution in [-0.2, 0) is 14.3 Å². The molecule has 0 bridgehead atoms. The van der Waals surface area contributed by atoms with Crippen LogP contribution in [0.15, 0.2) is 0 Å². The van der Waals surface area contributed by atoms with Crippen molar-refractivity contribution in [1.29, 1.82) is 0 Å². The Labute approximate surface area is 159 Å². The molecular weight excluding hydrogens is 324 g/mol. The fraction of sp³-hybridized carbons (Fsp3) is 0.913. The lowest BCUT2D eigenvalue weighted by Crippen LogP contribution is -2.52. The van der Waals surface area contributed by atoms with Gasteiger partial charge in [-0.3, -0.25) is 9.59 Å². The van der Waals surface area contributed by atoms with Crippen LogP contribution >= 0.6 is 0 Å². The maximum atomic E-state index is 12.6. The van der Waals surface area contributed by atoms with E-state index in [9.17, 15) is 9.59 Å². The lowest BCUT2D eigenvalue weighted by molar-refractivity contribution is -0.145. The SMILES string of the molecule is CCCCC1CCC2C3CCC(=O)C3(C)CCC2C1(C)CCC(=O)OC. The smallest absolute Gasteiger partial charge is 0.305 e. The standard InChI is InChI=1S/C23H38O3/c1-5-6-7-16-8-9-17-18-10-11-20(24)23(18,3)14-12-19(17)22(16,2)15-13-21(25)26-4/h16-19H,5-15H2,1-4H3. The molecule has 6 atom stereocenters. The fourth-order valence-electron chi connectivity index (χ4n) is 7.09. The Hall–Kier alpha value is -0.860. The molecule has 0 aliphatic heterocycles. The number of carbonyl (C=O) groups excluding carboxylic acids is 2. The summed E-state index contributed by atoms with van der Waals surface area (Å²) >= 11 is 0. The van der Waals surface area contributed by atoms with Crippen molar-refractivity contribution in [2.24, 2.45) is 34.5 Å². The van der Waals surface area contributed by atoms with Crippen molar-refractivity contribution in [3.05, 3.63) is 0 Å². The molecule has 6 unspecified atom stereocenters. The molecule has 0 spiro atoms.